The second-order valence-electron chi connectivity index (χ2n) is 7.53. The Morgan fingerprint density at radius 3 is 2.67 bits per heavy atom. The number of hydrogen-bond acceptors (Lipinski definition) is 3. The second kappa shape index (κ2) is 8.10. The molecule has 0 spiro atoms. The zero-order valence-corrected chi connectivity index (χ0v) is 16.6. The predicted molar refractivity (Wildman–Crippen MR) is 109 cm³/mol. The molecule has 6 nitrogen and oxygen atoms in total. The van der Waals surface area contributed by atoms with Crippen LogP contribution in [0.1, 0.15) is 45.2 Å². The van der Waals surface area contributed by atoms with Crippen molar-refractivity contribution in [3.63, 3.8) is 0 Å². The van der Waals surface area contributed by atoms with Crippen molar-refractivity contribution in [3.05, 3.63) is 82.4 Å². The molecule has 0 saturated carbocycles. The second-order valence-corrected chi connectivity index (χ2v) is 7.53. The van der Waals surface area contributed by atoms with E-state index in [-0.39, 0.29) is 12.4 Å². The number of rotatable bonds is 6. The number of fused-ring (bicyclic) bond motifs is 1. The molecule has 7 heteroatoms. The van der Waals surface area contributed by atoms with Crippen molar-refractivity contribution in [2.75, 3.05) is 6.54 Å². The van der Waals surface area contributed by atoms with Crippen LogP contribution in [0.2, 0.25) is 0 Å². The van der Waals surface area contributed by atoms with Crippen LogP contribution in [0.3, 0.4) is 0 Å². The number of carbonyl (C=O) groups is 2. The lowest BCUT2D eigenvalue weighted by atomic mass is 9.97. The van der Waals surface area contributed by atoms with E-state index < -0.39 is 17.8 Å². The maximum atomic E-state index is 13.3. The Morgan fingerprint density at radius 2 is 1.97 bits per heavy atom. The van der Waals surface area contributed by atoms with Crippen LogP contribution in [-0.4, -0.2) is 33.3 Å². The highest BCUT2D eigenvalue weighted by Gasteiger charge is 2.28. The summed E-state index contributed by atoms with van der Waals surface area (Å²) in [6.07, 6.45) is 2.43. The van der Waals surface area contributed by atoms with Gasteiger partial charge in [-0.05, 0) is 56.0 Å². The molecule has 1 aliphatic carbocycles. The molecule has 2 aromatic carbocycles. The normalized spacial score (nSPS) is 13.7. The molecule has 1 aliphatic rings. The Labute approximate surface area is 173 Å². The SMILES string of the molecule is Cc1cccc(C(CNC(=O)c2nn(-c3ccc(F)cc3)c3c2CCC3)C(=O)O)c1. The van der Waals surface area contributed by atoms with E-state index in [0.29, 0.717) is 16.9 Å². The van der Waals surface area contributed by atoms with Crippen molar-refractivity contribution in [3.8, 4) is 5.69 Å². The number of aryl methyl sites for hydroxylation is 1. The van der Waals surface area contributed by atoms with Crippen LogP contribution >= 0.6 is 0 Å². The first-order valence-corrected chi connectivity index (χ1v) is 9.88. The van der Waals surface area contributed by atoms with E-state index in [1.807, 2.05) is 19.1 Å². The number of nitrogens with zero attached hydrogens (tertiary/aromatic N) is 2. The number of amides is 1. The van der Waals surface area contributed by atoms with Gasteiger partial charge in [0.15, 0.2) is 5.69 Å². The number of nitrogens with one attached hydrogen (secondary N) is 1. The van der Waals surface area contributed by atoms with Gasteiger partial charge in [-0.1, -0.05) is 29.8 Å². The summed E-state index contributed by atoms with van der Waals surface area (Å²) in [4.78, 5) is 24.7. The molecule has 0 radical (unpaired) electrons. The van der Waals surface area contributed by atoms with Crippen LogP contribution in [0.25, 0.3) is 5.69 Å². The molecule has 1 amide bonds. The molecule has 0 aliphatic heterocycles. The Kier molecular flexibility index (Phi) is 5.35. The van der Waals surface area contributed by atoms with E-state index in [1.54, 1.807) is 28.9 Å². The number of benzene rings is 2. The van der Waals surface area contributed by atoms with Gasteiger partial charge in [0.05, 0.1) is 11.6 Å². The quantitative estimate of drug-likeness (QED) is 0.656. The van der Waals surface area contributed by atoms with E-state index >= 15 is 0 Å². The lowest BCUT2D eigenvalue weighted by molar-refractivity contribution is -0.138. The first-order valence-electron chi connectivity index (χ1n) is 9.88. The topological polar surface area (TPSA) is 84.2 Å². The summed E-state index contributed by atoms with van der Waals surface area (Å²) in [6.45, 7) is 1.86. The molecule has 0 bridgehead atoms. The molecule has 1 unspecified atom stereocenters. The molecule has 1 atom stereocenters. The van der Waals surface area contributed by atoms with E-state index in [0.717, 1.165) is 36.1 Å². The van der Waals surface area contributed by atoms with E-state index in [4.69, 9.17) is 0 Å². The first kappa shape index (κ1) is 19.8. The molecular weight excluding hydrogens is 385 g/mol. The molecule has 4 rings (SSSR count). The molecule has 0 fully saturated rings. The molecular formula is C23H22FN3O3. The number of hydrogen-bond donors (Lipinski definition) is 2. The fraction of sp³-hybridized carbons (Fsp3) is 0.261. The van der Waals surface area contributed by atoms with Gasteiger partial charge >= 0.3 is 5.97 Å². The third kappa shape index (κ3) is 3.83. The van der Waals surface area contributed by atoms with E-state index in [2.05, 4.69) is 10.4 Å². The lowest BCUT2D eigenvalue weighted by Gasteiger charge is -2.14. The molecule has 3 aromatic rings. The summed E-state index contributed by atoms with van der Waals surface area (Å²) >= 11 is 0. The molecule has 30 heavy (non-hydrogen) atoms. The number of halogens is 1. The van der Waals surface area contributed by atoms with Gasteiger partial charge in [0.2, 0.25) is 0 Å². The summed E-state index contributed by atoms with van der Waals surface area (Å²) in [5.74, 6) is -2.58. The third-order valence-electron chi connectivity index (χ3n) is 5.43. The lowest BCUT2D eigenvalue weighted by Crippen LogP contribution is -2.32. The zero-order valence-electron chi connectivity index (χ0n) is 16.6. The van der Waals surface area contributed by atoms with E-state index in [9.17, 15) is 19.1 Å². The van der Waals surface area contributed by atoms with Gasteiger partial charge in [-0.25, -0.2) is 9.07 Å². The van der Waals surface area contributed by atoms with Gasteiger partial charge < -0.3 is 10.4 Å². The fourth-order valence-electron chi connectivity index (χ4n) is 3.93. The Hall–Kier alpha value is -3.48. The van der Waals surface area contributed by atoms with E-state index in [1.165, 1.54) is 12.1 Å². The molecule has 0 saturated heterocycles. The highest BCUT2D eigenvalue weighted by atomic mass is 19.1. The Bertz CT molecular complexity index is 1110. The minimum Gasteiger partial charge on any atom is -0.481 e. The van der Waals surface area contributed by atoms with Crippen LogP contribution in [0.5, 0.6) is 0 Å². The van der Waals surface area contributed by atoms with Crippen molar-refractivity contribution in [1.82, 2.24) is 15.1 Å². The van der Waals surface area contributed by atoms with Gasteiger partial charge in [0.1, 0.15) is 5.82 Å². The zero-order chi connectivity index (χ0) is 21.3. The molecule has 1 heterocycles. The van der Waals surface area contributed by atoms with Crippen LogP contribution in [0, 0.1) is 12.7 Å². The molecule has 154 valence electrons. The standard InChI is InChI=1S/C23H22FN3O3/c1-14-4-2-5-15(12-14)19(23(29)30)13-25-22(28)21-18-6-3-7-20(18)27(26-21)17-10-8-16(24)9-11-17/h2,4-5,8-12,19H,3,6-7,13H2,1H3,(H,25,28)(H,29,30). The fourth-order valence-corrected chi connectivity index (χ4v) is 3.93. The van der Waals surface area contributed by atoms with Gasteiger partial charge in [0, 0.05) is 17.8 Å². The van der Waals surface area contributed by atoms with Crippen LogP contribution in [0.15, 0.2) is 48.5 Å². The summed E-state index contributed by atoms with van der Waals surface area (Å²) in [5, 5.41) is 16.9. The Morgan fingerprint density at radius 1 is 1.20 bits per heavy atom. The van der Waals surface area contributed by atoms with Gasteiger partial charge in [0.25, 0.3) is 5.91 Å². The maximum absolute atomic E-state index is 13.3. The number of aliphatic carboxylic acids is 1. The minimum absolute atomic E-state index is 0.0319. The van der Waals surface area contributed by atoms with Crippen molar-refractivity contribution in [2.24, 2.45) is 0 Å². The first-order chi connectivity index (χ1) is 14.4. The number of carbonyl (C=O) groups excluding carboxylic acids is 1. The number of carboxylic acids is 1. The summed E-state index contributed by atoms with van der Waals surface area (Å²) in [7, 11) is 0. The highest BCUT2D eigenvalue weighted by Crippen LogP contribution is 2.28. The van der Waals surface area contributed by atoms with Crippen LogP contribution < -0.4 is 5.32 Å². The largest absolute Gasteiger partial charge is 0.481 e. The van der Waals surface area contributed by atoms with Crippen molar-refractivity contribution in [2.45, 2.75) is 32.1 Å². The summed E-state index contributed by atoms with van der Waals surface area (Å²) in [5.41, 5.74) is 4.42. The van der Waals surface area contributed by atoms with Crippen molar-refractivity contribution >= 4 is 11.9 Å². The van der Waals surface area contributed by atoms with Gasteiger partial charge in [-0.15, -0.1) is 0 Å². The monoisotopic (exact) mass is 407 g/mol. The highest BCUT2D eigenvalue weighted by molar-refractivity contribution is 5.94. The maximum Gasteiger partial charge on any atom is 0.312 e. The predicted octanol–water partition coefficient (Wildman–Crippen LogP) is 3.41. The van der Waals surface area contributed by atoms with Crippen LogP contribution in [-0.2, 0) is 17.6 Å². The number of aromatic nitrogens is 2. The third-order valence-corrected chi connectivity index (χ3v) is 5.43. The van der Waals surface area contributed by atoms with Crippen LogP contribution in [0.4, 0.5) is 4.39 Å². The average molecular weight is 407 g/mol. The molecule has 2 N–H and O–H groups in total. The Balaban J connectivity index is 1.57. The number of carboxylic acid groups (broad SMARTS) is 1. The summed E-state index contributed by atoms with van der Waals surface area (Å²) in [6, 6.07) is 13.2. The van der Waals surface area contributed by atoms with Gasteiger partial charge in [-0.2, -0.15) is 5.10 Å². The van der Waals surface area contributed by atoms with Gasteiger partial charge in [-0.3, -0.25) is 9.59 Å². The molecule has 1 aromatic heterocycles. The average Bonchev–Trinajstić information content (AvgIpc) is 3.31. The minimum atomic E-state index is -0.997. The smallest absolute Gasteiger partial charge is 0.312 e. The summed E-state index contributed by atoms with van der Waals surface area (Å²) < 4.78 is 15.0. The van der Waals surface area contributed by atoms with Crippen molar-refractivity contribution < 1.29 is 19.1 Å². The van der Waals surface area contributed by atoms with Crippen molar-refractivity contribution in [1.29, 1.82) is 0 Å².